The second-order valence-electron chi connectivity index (χ2n) is 3.11. The van der Waals surface area contributed by atoms with Crippen molar-refractivity contribution in [2.75, 3.05) is 10.7 Å². The number of nitrogens with one attached hydrogen (secondary N) is 2. The minimum Gasteiger partial charge on any atom is -0.307 e. The summed E-state index contributed by atoms with van der Waals surface area (Å²) < 4.78 is 0.578. The van der Waals surface area contributed by atoms with Crippen molar-refractivity contribution >= 4 is 33.5 Å². The molecule has 0 atom stereocenters. The molecule has 0 aliphatic heterocycles. The van der Waals surface area contributed by atoms with Crippen LogP contribution in [0, 0.1) is 0 Å². The van der Waals surface area contributed by atoms with Crippen molar-refractivity contribution < 1.29 is 4.79 Å². The Morgan fingerprint density at radius 1 is 1.17 bits per heavy atom. The lowest BCUT2D eigenvalue weighted by Gasteiger charge is -2.04. The maximum absolute atomic E-state index is 11.8. The van der Waals surface area contributed by atoms with Gasteiger partial charge >= 0.3 is 0 Å². The number of nitrogens with zero attached hydrogens (tertiary/aromatic N) is 4. The van der Waals surface area contributed by atoms with Crippen molar-refractivity contribution in [3.63, 3.8) is 0 Å². The van der Waals surface area contributed by atoms with E-state index in [0.29, 0.717) is 16.2 Å². The number of hydrogen-bond donors (Lipinski definition) is 3. The van der Waals surface area contributed by atoms with Crippen LogP contribution in [0.25, 0.3) is 0 Å². The highest BCUT2D eigenvalue weighted by molar-refractivity contribution is 9.10. The Balaban J connectivity index is 2.14. The van der Waals surface area contributed by atoms with Crippen LogP contribution in [0.15, 0.2) is 29.4 Å². The minimum atomic E-state index is -0.448. The van der Waals surface area contributed by atoms with E-state index < -0.39 is 5.91 Å². The molecule has 0 aliphatic rings. The molecular formula is C9H8BrN7O. The number of amides is 1. The van der Waals surface area contributed by atoms with Crippen molar-refractivity contribution in [2.24, 2.45) is 5.84 Å². The molecule has 18 heavy (non-hydrogen) atoms. The molecule has 0 aromatic carbocycles. The fourth-order valence-corrected chi connectivity index (χ4v) is 1.31. The second-order valence-corrected chi connectivity index (χ2v) is 3.92. The zero-order valence-electron chi connectivity index (χ0n) is 8.96. The third-order valence-electron chi connectivity index (χ3n) is 1.88. The van der Waals surface area contributed by atoms with Crippen molar-refractivity contribution in [2.45, 2.75) is 0 Å². The van der Waals surface area contributed by atoms with Gasteiger partial charge in [0.15, 0.2) is 11.6 Å². The summed E-state index contributed by atoms with van der Waals surface area (Å²) in [7, 11) is 0. The van der Waals surface area contributed by atoms with Crippen LogP contribution >= 0.6 is 15.9 Å². The Bertz CT molecular complexity index is 559. The molecule has 2 aromatic rings. The van der Waals surface area contributed by atoms with Gasteiger partial charge in [0.2, 0.25) is 0 Å². The molecule has 0 saturated carbocycles. The predicted molar refractivity (Wildman–Crippen MR) is 67.5 cm³/mol. The predicted octanol–water partition coefficient (Wildman–Crippen LogP) is 0.567. The van der Waals surface area contributed by atoms with Gasteiger partial charge < -0.3 is 10.7 Å². The molecule has 2 heterocycles. The van der Waals surface area contributed by atoms with E-state index in [1.165, 1.54) is 24.8 Å². The van der Waals surface area contributed by atoms with Gasteiger partial charge in [-0.1, -0.05) is 0 Å². The maximum Gasteiger partial charge on any atom is 0.277 e. The van der Waals surface area contributed by atoms with Crippen molar-refractivity contribution in [1.29, 1.82) is 0 Å². The summed E-state index contributed by atoms with van der Waals surface area (Å²) in [4.78, 5) is 27.5. The second kappa shape index (κ2) is 5.47. The zero-order valence-corrected chi connectivity index (χ0v) is 10.5. The summed E-state index contributed by atoms with van der Waals surface area (Å²) in [5, 5.41) is 2.53. The molecule has 0 bridgehead atoms. The van der Waals surface area contributed by atoms with Gasteiger partial charge in [-0.3, -0.25) is 9.78 Å². The smallest absolute Gasteiger partial charge is 0.277 e. The highest BCUT2D eigenvalue weighted by Gasteiger charge is 2.09. The monoisotopic (exact) mass is 309 g/mol. The molecule has 2 aromatic heterocycles. The van der Waals surface area contributed by atoms with Gasteiger partial charge in [0.25, 0.3) is 5.91 Å². The molecule has 9 heteroatoms. The highest BCUT2D eigenvalue weighted by atomic mass is 79.9. The van der Waals surface area contributed by atoms with Crippen molar-refractivity contribution in [3.05, 3.63) is 35.1 Å². The normalized spacial score (nSPS) is 9.89. The Morgan fingerprint density at radius 3 is 2.67 bits per heavy atom. The number of carbonyl (C=O) groups is 1. The van der Waals surface area contributed by atoms with Gasteiger partial charge in [0, 0.05) is 0 Å². The van der Waals surface area contributed by atoms with Crippen LogP contribution in [0.4, 0.5) is 11.6 Å². The lowest BCUT2D eigenvalue weighted by Crippen LogP contribution is -2.17. The molecule has 0 radical (unpaired) electrons. The Labute approximate surface area is 110 Å². The molecule has 0 aliphatic carbocycles. The van der Waals surface area contributed by atoms with Crippen molar-refractivity contribution in [3.8, 4) is 0 Å². The summed E-state index contributed by atoms with van der Waals surface area (Å²) in [6.07, 6.45) is 5.61. The molecule has 8 nitrogen and oxygen atoms in total. The molecule has 0 unspecified atom stereocenters. The molecule has 4 N–H and O–H groups in total. The van der Waals surface area contributed by atoms with E-state index in [9.17, 15) is 4.79 Å². The third kappa shape index (κ3) is 2.96. The number of rotatable bonds is 3. The quantitative estimate of drug-likeness (QED) is 0.560. The number of anilines is 2. The van der Waals surface area contributed by atoms with Crippen LogP contribution < -0.4 is 16.6 Å². The molecule has 0 spiro atoms. The Hall–Kier alpha value is -2.13. The van der Waals surface area contributed by atoms with Crippen LogP contribution in [0.1, 0.15) is 10.5 Å². The fourth-order valence-electron chi connectivity index (χ4n) is 1.10. The average molecular weight is 310 g/mol. The first kappa shape index (κ1) is 12.3. The number of nitrogen functional groups attached to an aromatic ring is 1. The summed E-state index contributed by atoms with van der Waals surface area (Å²) in [6, 6.07) is 0. The standard InChI is InChI=1S/C9H8BrN7O/c10-6-2-14-7(4-13-6)16-9(18)5-1-12-3-8(15-5)17-11/h1-4H,11H2,(H,15,17)(H,14,16,18). The average Bonchev–Trinajstić information content (AvgIpc) is 2.41. The van der Waals surface area contributed by atoms with Crippen LogP contribution in [-0.4, -0.2) is 25.8 Å². The number of halogens is 1. The van der Waals surface area contributed by atoms with Gasteiger partial charge in [-0.15, -0.1) is 0 Å². The maximum atomic E-state index is 11.8. The lowest BCUT2D eigenvalue weighted by molar-refractivity contribution is 0.102. The van der Waals surface area contributed by atoms with Crippen LogP contribution in [-0.2, 0) is 0 Å². The first-order chi connectivity index (χ1) is 8.69. The van der Waals surface area contributed by atoms with E-state index in [1.54, 1.807) is 0 Å². The summed E-state index contributed by atoms with van der Waals surface area (Å²) in [5.41, 5.74) is 2.43. The van der Waals surface area contributed by atoms with Gasteiger partial charge in [-0.25, -0.2) is 20.8 Å². The number of carbonyl (C=O) groups excluding carboxylic acids is 1. The minimum absolute atomic E-state index is 0.121. The first-order valence-corrected chi connectivity index (χ1v) is 5.56. The molecule has 92 valence electrons. The number of aromatic nitrogens is 4. The van der Waals surface area contributed by atoms with Crippen LogP contribution in [0.5, 0.6) is 0 Å². The van der Waals surface area contributed by atoms with Gasteiger partial charge in [-0.2, -0.15) is 0 Å². The van der Waals surface area contributed by atoms with Gasteiger partial charge in [0.05, 0.1) is 24.8 Å². The van der Waals surface area contributed by atoms with Gasteiger partial charge in [0.1, 0.15) is 10.3 Å². The van der Waals surface area contributed by atoms with E-state index in [2.05, 4.69) is 46.6 Å². The van der Waals surface area contributed by atoms with E-state index >= 15 is 0 Å². The summed E-state index contributed by atoms with van der Waals surface area (Å²) >= 11 is 3.14. The highest BCUT2D eigenvalue weighted by Crippen LogP contribution is 2.08. The largest absolute Gasteiger partial charge is 0.307 e. The van der Waals surface area contributed by atoms with E-state index in [4.69, 9.17) is 5.84 Å². The fraction of sp³-hybridized carbons (Fsp3) is 0. The Kier molecular flexibility index (Phi) is 3.75. The number of hydrazine groups is 1. The molecular weight excluding hydrogens is 302 g/mol. The molecule has 0 fully saturated rings. The number of nitrogens with two attached hydrogens (primary N) is 1. The molecule has 0 saturated heterocycles. The van der Waals surface area contributed by atoms with E-state index in [1.807, 2.05) is 0 Å². The van der Waals surface area contributed by atoms with E-state index in [0.717, 1.165) is 0 Å². The molecule has 2 rings (SSSR count). The molecule has 1 amide bonds. The Morgan fingerprint density at radius 2 is 2.00 bits per heavy atom. The topological polar surface area (TPSA) is 119 Å². The summed E-state index contributed by atoms with van der Waals surface area (Å²) in [5.74, 6) is 5.34. The SMILES string of the molecule is NNc1cncc(C(=O)Nc2cnc(Br)cn2)n1. The van der Waals surface area contributed by atoms with Crippen molar-refractivity contribution in [1.82, 2.24) is 19.9 Å². The van der Waals surface area contributed by atoms with Crippen LogP contribution in [0.3, 0.4) is 0 Å². The zero-order chi connectivity index (χ0) is 13.0. The number of hydrogen-bond acceptors (Lipinski definition) is 7. The third-order valence-corrected chi connectivity index (χ3v) is 2.29. The van der Waals surface area contributed by atoms with Crippen LogP contribution in [0.2, 0.25) is 0 Å². The van der Waals surface area contributed by atoms with E-state index in [-0.39, 0.29) is 5.69 Å². The van der Waals surface area contributed by atoms with Gasteiger partial charge in [-0.05, 0) is 15.9 Å². The first-order valence-electron chi connectivity index (χ1n) is 4.76. The summed E-state index contributed by atoms with van der Waals surface area (Å²) in [6.45, 7) is 0. The lowest BCUT2D eigenvalue weighted by atomic mass is 10.4.